The van der Waals surface area contributed by atoms with Gasteiger partial charge in [0.15, 0.2) is 8.32 Å². The molecule has 0 atom stereocenters. The van der Waals surface area contributed by atoms with E-state index in [4.69, 9.17) is 13.0 Å². The fourth-order valence-electron chi connectivity index (χ4n) is 1.49. The molecule has 0 aliphatic heterocycles. The van der Waals surface area contributed by atoms with Gasteiger partial charge in [0.2, 0.25) is 0 Å². The van der Waals surface area contributed by atoms with E-state index in [-0.39, 0.29) is 0 Å². The normalized spacial score (nSPS) is 12.4. The van der Waals surface area contributed by atoms with Gasteiger partial charge in [0.05, 0.1) is 0 Å². The summed E-state index contributed by atoms with van der Waals surface area (Å²) < 4.78 is 16.3. The van der Waals surface area contributed by atoms with Crippen LogP contribution < -0.4 is 0 Å². The van der Waals surface area contributed by atoms with E-state index in [2.05, 4.69) is 20.0 Å². The maximum Gasteiger partial charge on any atom is 0.473 e. The highest BCUT2D eigenvalue weighted by molar-refractivity contribution is 6.76. The second-order valence-corrected chi connectivity index (χ2v) is 10.9. The average Bonchev–Trinajstić information content (AvgIpc) is 2.21. The summed E-state index contributed by atoms with van der Waals surface area (Å²) in [5, 5.41) is 0. The summed E-state index contributed by atoms with van der Waals surface area (Å²) in [5.41, 5.74) is 0. The van der Waals surface area contributed by atoms with Crippen LogP contribution in [0.3, 0.4) is 0 Å². The predicted octanol–water partition coefficient (Wildman–Crippen LogP) is 2.80. The van der Waals surface area contributed by atoms with Crippen LogP contribution in [0.2, 0.25) is 19.1 Å². The molecule has 0 heterocycles. The van der Waals surface area contributed by atoms with Crippen LogP contribution in [-0.4, -0.2) is 32.1 Å². The Morgan fingerprint density at radius 3 is 2.07 bits per heavy atom. The quantitative estimate of drug-likeness (QED) is 0.465. The van der Waals surface area contributed by atoms with Gasteiger partial charge in [-0.2, -0.15) is 0 Å². The van der Waals surface area contributed by atoms with Gasteiger partial charge in [0.25, 0.3) is 0 Å². The summed E-state index contributed by atoms with van der Waals surface area (Å²) in [4.78, 5) is 0. The Labute approximate surface area is 97.2 Å². The van der Waals surface area contributed by atoms with Crippen molar-refractivity contribution in [2.75, 3.05) is 14.2 Å². The summed E-state index contributed by atoms with van der Waals surface area (Å²) in [7, 11) is -0.0236. The van der Waals surface area contributed by atoms with Crippen molar-refractivity contribution in [2.24, 2.45) is 0 Å². The molecule has 92 valence electrons. The highest BCUT2D eigenvalue weighted by Gasteiger charge is 2.27. The summed E-state index contributed by atoms with van der Waals surface area (Å²) in [5.74, 6) is 0. The fourth-order valence-corrected chi connectivity index (χ4v) is 6.11. The third kappa shape index (κ3) is 8.16. The molecule has 0 bridgehead atoms. The Balaban J connectivity index is 3.74. The van der Waals surface area contributed by atoms with Gasteiger partial charge in [0, 0.05) is 14.2 Å². The SMILES string of the molecule is CCCCCC[Si](C)(C)O[SiH](OC)OC. The van der Waals surface area contributed by atoms with Gasteiger partial charge < -0.3 is 13.0 Å². The molecular formula is C10H26O3Si2. The van der Waals surface area contributed by atoms with E-state index in [1.165, 1.54) is 31.7 Å². The molecule has 15 heavy (non-hydrogen) atoms. The van der Waals surface area contributed by atoms with E-state index in [1.807, 2.05) is 0 Å². The Hall–Kier alpha value is 0.314. The first-order valence-electron chi connectivity index (χ1n) is 5.79. The van der Waals surface area contributed by atoms with Gasteiger partial charge in [-0.25, -0.2) is 0 Å². The Morgan fingerprint density at radius 2 is 1.60 bits per heavy atom. The van der Waals surface area contributed by atoms with Gasteiger partial charge in [-0.05, 0) is 19.1 Å². The number of rotatable bonds is 9. The van der Waals surface area contributed by atoms with E-state index in [0.717, 1.165) is 0 Å². The molecular weight excluding hydrogens is 224 g/mol. The smallest absolute Gasteiger partial charge is 0.418 e. The standard InChI is InChI=1S/C10H26O3Si2/c1-6-7-8-9-10-15(4,5)13-14(11-2)12-3/h14H,6-10H2,1-5H3. The van der Waals surface area contributed by atoms with Gasteiger partial charge in [-0.1, -0.05) is 32.6 Å². The van der Waals surface area contributed by atoms with Crippen LogP contribution in [0.25, 0.3) is 0 Å². The van der Waals surface area contributed by atoms with Crippen molar-refractivity contribution in [3.05, 3.63) is 0 Å². The van der Waals surface area contributed by atoms with E-state index in [0.29, 0.717) is 0 Å². The lowest BCUT2D eigenvalue weighted by Gasteiger charge is -2.26. The van der Waals surface area contributed by atoms with Crippen LogP contribution in [-0.2, 0) is 13.0 Å². The zero-order valence-electron chi connectivity index (χ0n) is 10.8. The topological polar surface area (TPSA) is 27.7 Å². The van der Waals surface area contributed by atoms with Crippen LogP contribution in [0, 0.1) is 0 Å². The van der Waals surface area contributed by atoms with Crippen LogP contribution in [0.5, 0.6) is 0 Å². The molecule has 0 saturated heterocycles. The summed E-state index contributed by atoms with van der Waals surface area (Å²) in [6, 6.07) is 1.21. The molecule has 0 N–H and O–H groups in total. The molecule has 0 spiro atoms. The Bertz CT molecular complexity index is 150. The van der Waals surface area contributed by atoms with Gasteiger partial charge in [-0.3, -0.25) is 0 Å². The van der Waals surface area contributed by atoms with Crippen LogP contribution in [0.15, 0.2) is 0 Å². The first-order valence-corrected chi connectivity index (χ1v) is 10.3. The van der Waals surface area contributed by atoms with E-state index in [1.54, 1.807) is 14.2 Å². The zero-order valence-corrected chi connectivity index (χ0v) is 13.0. The maximum atomic E-state index is 5.95. The molecule has 5 heteroatoms. The Morgan fingerprint density at radius 1 is 1.00 bits per heavy atom. The monoisotopic (exact) mass is 250 g/mol. The highest BCUT2D eigenvalue weighted by Crippen LogP contribution is 2.17. The lowest BCUT2D eigenvalue weighted by Crippen LogP contribution is -2.40. The second-order valence-electron chi connectivity index (χ2n) is 4.45. The highest BCUT2D eigenvalue weighted by atomic mass is 28.4. The van der Waals surface area contributed by atoms with Crippen molar-refractivity contribution in [2.45, 2.75) is 51.7 Å². The van der Waals surface area contributed by atoms with Crippen LogP contribution in [0.1, 0.15) is 32.6 Å². The van der Waals surface area contributed by atoms with Crippen molar-refractivity contribution in [3.63, 3.8) is 0 Å². The molecule has 0 aromatic carbocycles. The molecule has 0 aromatic rings. The fraction of sp³-hybridized carbons (Fsp3) is 1.00. The molecule has 3 nitrogen and oxygen atoms in total. The van der Waals surface area contributed by atoms with E-state index in [9.17, 15) is 0 Å². The van der Waals surface area contributed by atoms with Crippen molar-refractivity contribution < 1.29 is 13.0 Å². The predicted molar refractivity (Wildman–Crippen MR) is 68.7 cm³/mol. The number of hydrogen-bond acceptors (Lipinski definition) is 3. The van der Waals surface area contributed by atoms with Crippen molar-refractivity contribution in [1.82, 2.24) is 0 Å². The summed E-state index contributed by atoms with van der Waals surface area (Å²) in [6.07, 6.45) is 5.22. The van der Waals surface area contributed by atoms with Gasteiger partial charge in [-0.15, -0.1) is 0 Å². The van der Waals surface area contributed by atoms with Gasteiger partial charge >= 0.3 is 9.53 Å². The van der Waals surface area contributed by atoms with Gasteiger partial charge in [0.1, 0.15) is 0 Å². The molecule has 0 fully saturated rings. The number of hydrogen-bond donors (Lipinski definition) is 0. The lowest BCUT2D eigenvalue weighted by molar-refractivity contribution is 0.198. The first kappa shape index (κ1) is 15.3. The third-order valence-electron chi connectivity index (χ3n) is 2.43. The molecule has 0 aliphatic rings. The van der Waals surface area contributed by atoms with Crippen LogP contribution in [0.4, 0.5) is 0 Å². The Kier molecular flexibility index (Phi) is 8.64. The summed E-state index contributed by atoms with van der Waals surface area (Å²) >= 11 is 0. The molecule has 0 unspecified atom stereocenters. The summed E-state index contributed by atoms with van der Waals surface area (Å²) in [6.45, 7) is 6.73. The minimum absolute atomic E-state index is 1.21. The average molecular weight is 250 g/mol. The molecule has 0 aliphatic carbocycles. The van der Waals surface area contributed by atoms with Crippen LogP contribution >= 0.6 is 0 Å². The molecule has 0 radical (unpaired) electrons. The van der Waals surface area contributed by atoms with Crippen molar-refractivity contribution in [3.8, 4) is 0 Å². The van der Waals surface area contributed by atoms with E-state index < -0.39 is 17.8 Å². The largest absolute Gasteiger partial charge is 0.473 e. The van der Waals surface area contributed by atoms with E-state index >= 15 is 0 Å². The minimum Gasteiger partial charge on any atom is -0.418 e. The lowest BCUT2D eigenvalue weighted by atomic mass is 10.2. The zero-order chi connectivity index (χ0) is 11.7. The number of unbranched alkanes of at least 4 members (excludes halogenated alkanes) is 3. The third-order valence-corrected chi connectivity index (χ3v) is 8.08. The molecule has 0 aromatic heterocycles. The maximum absolute atomic E-state index is 5.95. The first-order chi connectivity index (χ1) is 7.05. The van der Waals surface area contributed by atoms with Crippen molar-refractivity contribution in [1.29, 1.82) is 0 Å². The minimum atomic E-state index is -1.81. The molecule has 0 saturated carbocycles. The molecule has 0 amide bonds. The second kappa shape index (κ2) is 8.46. The molecule has 0 rings (SSSR count). The van der Waals surface area contributed by atoms with Crippen molar-refractivity contribution >= 4 is 17.8 Å².